The van der Waals surface area contributed by atoms with Crippen LogP contribution in [-0.4, -0.2) is 71.5 Å². The van der Waals surface area contributed by atoms with E-state index in [9.17, 15) is 14.4 Å². The van der Waals surface area contributed by atoms with Crippen LogP contribution in [0, 0.1) is 0 Å². The number of hydrogen-bond acceptors (Lipinski definition) is 6. The first kappa shape index (κ1) is 23.3. The number of methoxy groups -OCH3 is 1. The van der Waals surface area contributed by atoms with Gasteiger partial charge in [-0.05, 0) is 69.2 Å². The van der Waals surface area contributed by atoms with E-state index in [4.69, 9.17) is 9.47 Å². The lowest BCUT2D eigenvalue weighted by Gasteiger charge is -2.45. The Kier molecular flexibility index (Phi) is 6.37. The molecule has 2 saturated heterocycles. The number of amides is 3. The number of imide groups is 1. The molecule has 1 aromatic rings. The van der Waals surface area contributed by atoms with Crippen molar-refractivity contribution in [2.45, 2.75) is 88.6 Å². The molecule has 184 valence electrons. The van der Waals surface area contributed by atoms with Gasteiger partial charge in [-0.15, -0.1) is 0 Å². The minimum Gasteiger partial charge on any atom is -0.489 e. The van der Waals surface area contributed by atoms with Crippen LogP contribution in [-0.2, 0) is 20.9 Å². The lowest BCUT2D eigenvalue weighted by atomic mass is 9.87. The monoisotopic (exact) mass is 469 g/mol. The first-order valence-corrected chi connectivity index (χ1v) is 12.6. The fourth-order valence-corrected chi connectivity index (χ4v) is 5.96. The highest BCUT2D eigenvalue weighted by Crippen LogP contribution is 2.34. The van der Waals surface area contributed by atoms with Gasteiger partial charge < -0.3 is 14.4 Å². The van der Waals surface area contributed by atoms with Gasteiger partial charge in [0.15, 0.2) is 0 Å². The standard InChI is InChI=1S/C26H35N3O5/c1-26(33-2)11-13-28(14-12-26)20-5-3-4-6-22(20)34-18-7-8-19-17(15-18)16-29(25(19)32)21-9-10-23(30)27-24(21)31/h7-8,15,20-22H,3-6,9-14,16H2,1-2H3,(H,27,30,31). The number of nitrogens with one attached hydrogen (secondary N) is 1. The van der Waals surface area contributed by atoms with E-state index >= 15 is 0 Å². The zero-order valence-electron chi connectivity index (χ0n) is 20.2. The zero-order valence-corrected chi connectivity index (χ0v) is 20.2. The molecule has 3 unspecified atom stereocenters. The Hall–Kier alpha value is -2.45. The molecule has 1 saturated carbocycles. The molecule has 5 rings (SSSR count). The molecule has 4 aliphatic rings. The molecule has 0 radical (unpaired) electrons. The molecule has 8 nitrogen and oxygen atoms in total. The van der Waals surface area contributed by atoms with Gasteiger partial charge in [-0.25, -0.2) is 0 Å². The lowest BCUT2D eigenvalue weighted by Crippen LogP contribution is -2.53. The van der Waals surface area contributed by atoms with Gasteiger partial charge in [0.05, 0.1) is 5.60 Å². The number of nitrogens with zero attached hydrogens (tertiary/aromatic N) is 2. The second kappa shape index (κ2) is 9.30. The maximum Gasteiger partial charge on any atom is 0.255 e. The number of ether oxygens (including phenoxy) is 2. The van der Waals surface area contributed by atoms with E-state index in [2.05, 4.69) is 17.1 Å². The third-order valence-electron chi connectivity index (χ3n) is 8.27. The van der Waals surface area contributed by atoms with Gasteiger partial charge in [0.2, 0.25) is 11.8 Å². The van der Waals surface area contributed by atoms with Crippen LogP contribution in [0.5, 0.6) is 5.75 Å². The van der Waals surface area contributed by atoms with Crippen LogP contribution in [0.4, 0.5) is 0 Å². The maximum atomic E-state index is 13.0. The smallest absolute Gasteiger partial charge is 0.255 e. The van der Waals surface area contributed by atoms with Crippen molar-refractivity contribution in [3.8, 4) is 5.75 Å². The average molecular weight is 470 g/mol. The summed E-state index contributed by atoms with van der Waals surface area (Å²) in [5.74, 6) is -0.0258. The first-order valence-electron chi connectivity index (χ1n) is 12.6. The van der Waals surface area contributed by atoms with Crippen LogP contribution >= 0.6 is 0 Å². The second-order valence-electron chi connectivity index (χ2n) is 10.4. The SMILES string of the molecule is COC1(C)CCN(C2CCCCC2Oc2ccc3c(c2)CN(C2CCC(=O)NC2=O)C3=O)CC1. The van der Waals surface area contributed by atoms with Gasteiger partial charge in [-0.2, -0.15) is 0 Å². The topological polar surface area (TPSA) is 88.2 Å². The molecule has 1 N–H and O–H groups in total. The van der Waals surface area contributed by atoms with Crippen molar-refractivity contribution >= 4 is 17.7 Å². The van der Waals surface area contributed by atoms with Crippen molar-refractivity contribution in [2.24, 2.45) is 0 Å². The van der Waals surface area contributed by atoms with Crippen molar-refractivity contribution < 1.29 is 23.9 Å². The van der Waals surface area contributed by atoms with E-state index in [0.29, 0.717) is 24.6 Å². The van der Waals surface area contributed by atoms with Crippen LogP contribution in [0.2, 0.25) is 0 Å². The van der Waals surface area contributed by atoms with Crippen molar-refractivity contribution in [1.29, 1.82) is 0 Å². The summed E-state index contributed by atoms with van der Waals surface area (Å²) < 4.78 is 12.3. The molecule has 0 spiro atoms. The summed E-state index contributed by atoms with van der Waals surface area (Å²) in [4.78, 5) is 40.9. The highest BCUT2D eigenvalue weighted by atomic mass is 16.5. The quantitative estimate of drug-likeness (QED) is 0.667. The molecule has 1 aromatic carbocycles. The molecule has 34 heavy (non-hydrogen) atoms. The van der Waals surface area contributed by atoms with Crippen molar-refractivity contribution in [3.05, 3.63) is 29.3 Å². The number of rotatable bonds is 5. The molecule has 0 aromatic heterocycles. The molecule has 3 atom stereocenters. The summed E-state index contributed by atoms with van der Waals surface area (Å²) in [6.45, 7) is 4.61. The summed E-state index contributed by atoms with van der Waals surface area (Å²) in [5.41, 5.74) is 1.48. The molecular weight excluding hydrogens is 434 g/mol. The summed E-state index contributed by atoms with van der Waals surface area (Å²) in [5, 5.41) is 2.35. The van der Waals surface area contributed by atoms with Gasteiger partial charge in [-0.1, -0.05) is 6.42 Å². The van der Waals surface area contributed by atoms with Crippen LogP contribution in [0.1, 0.15) is 74.2 Å². The van der Waals surface area contributed by atoms with Crippen LogP contribution in [0.25, 0.3) is 0 Å². The average Bonchev–Trinajstić information content (AvgIpc) is 3.15. The first-order chi connectivity index (χ1) is 16.4. The highest BCUT2D eigenvalue weighted by Gasteiger charge is 2.40. The summed E-state index contributed by atoms with van der Waals surface area (Å²) >= 11 is 0. The molecule has 0 bridgehead atoms. The highest BCUT2D eigenvalue weighted by molar-refractivity contribution is 6.05. The van der Waals surface area contributed by atoms with Gasteiger partial charge in [0.25, 0.3) is 5.91 Å². The summed E-state index contributed by atoms with van der Waals surface area (Å²) in [6.07, 6.45) is 7.38. The van der Waals surface area contributed by atoms with E-state index in [1.165, 1.54) is 6.42 Å². The largest absolute Gasteiger partial charge is 0.489 e. The van der Waals surface area contributed by atoms with Gasteiger partial charge in [0.1, 0.15) is 17.9 Å². The number of fused-ring (bicyclic) bond motifs is 1. The van der Waals surface area contributed by atoms with E-state index in [1.807, 2.05) is 25.3 Å². The molecular formula is C26H35N3O5. The van der Waals surface area contributed by atoms with Crippen molar-refractivity contribution in [3.63, 3.8) is 0 Å². The van der Waals surface area contributed by atoms with Crippen molar-refractivity contribution in [2.75, 3.05) is 20.2 Å². The van der Waals surface area contributed by atoms with Gasteiger partial charge in [0, 0.05) is 44.8 Å². The predicted octanol–water partition coefficient (Wildman–Crippen LogP) is 2.64. The molecule has 3 fully saturated rings. The fourth-order valence-electron chi connectivity index (χ4n) is 5.96. The number of carbonyl (C=O) groups is 3. The van der Waals surface area contributed by atoms with Crippen LogP contribution in [0.15, 0.2) is 18.2 Å². The Morgan fingerprint density at radius 3 is 2.56 bits per heavy atom. The predicted molar refractivity (Wildman–Crippen MR) is 125 cm³/mol. The molecule has 1 aliphatic carbocycles. The Morgan fingerprint density at radius 1 is 1.06 bits per heavy atom. The Balaban J connectivity index is 1.27. The van der Waals surface area contributed by atoms with Crippen LogP contribution < -0.4 is 10.1 Å². The maximum absolute atomic E-state index is 13.0. The number of carbonyl (C=O) groups excluding carboxylic acids is 3. The molecule has 3 heterocycles. The van der Waals surface area contributed by atoms with E-state index < -0.39 is 6.04 Å². The van der Waals surface area contributed by atoms with E-state index in [-0.39, 0.29) is 35.8 Å². The summed E-state index contributed by atoms with van der Waals surface area (Å²) in [6, 6.07) is 5.46. The molecule has 8 heteroatoms. The Bertz CT molecular complexity index is 971. The number of piperidine rings is 2. The fraction of sp³-hybridized carbons (Fsp3) is 0.654. The second-order valence-corrected chi connectivity index (χ2v) is 10.4. The summed E-state index contributed by atoms with van der Waals surface area (Å²) in [7, 11) is 1.81. The molecule has 3 aliphatic heterocycles. The Morgan fingerprint density at radius 2 is 1.82 bits per heavy atom. The third kappa shape index (κ3) is 4.45. The third-order valence-corrected chi connectivity index (χ3v) is 8.27. The van der Waals surface area contributed by atoms with E-state index in [1.54, 1.807) is 4.90 Å². The minimum absolute atomic E-state index is 0.0254. The Labute approximate surface area is 200 Å². The number of likely N-dealkylation sites (tertiary alicyclic amines) is 1. The van der Waals surface area contributed by atoms with Crippen LogP contribution in [0.3, 0.4) is 0 Å². The van der Waals surface area contributed by atoms with E-state index in [0.717, 1.165) is 56.5 Å². The lowest BCUT2D eigenvalue weighted by molar-refractivity contribution is -0.136. The van der Waals surface area contributed by atoms with Gasteiger partial charge in [-0.3, -0.25) is 24.6 Å². The molecule has 3 amide bonds. The minimum atomic E-state index is -0.596. The number of hydrogen-bond donors (Lipinski definition) is 1. The normalized spacial score (nSPS) is 29.6. The van der Waals surface area contributed by atoms with Gasteiger partial charge >= 0.3 is 0 Å². The number of benzene rings is 1. The zero-order chi connectivity index (χ0) is 23.9. The van der Waals surface area contributed by atoms with Crippen molar-refractivity contribution in [1.82, 2.24) is 15.1 Å².